The highest BCUT2D eigenvalue weighted by atomic mass is 16.5. The zero-order valence-corrected chi connectivity index (χ0v) is 14.5. The Morgan fingerprint density at radius 1 is 1.22 bits per heavy atom. The summed E-state index contributed by atoms with van der Waals surface area (Å²) in [7, 11) is 0. The minimum Gasteiger partial charge on any atom is -0.361 e. The molecule has 2 heteroatoms. The molecule has 23 heavy (non-hydrogen) atoms. The average Bonchev–Trinajstić information content (AvgIpc) is 3.10. The molecule has 1 aliphatic heterocycles. The molecule has 2 unspecified atom stereocenters. The smallest absolute Gasteiger partial charge is 0.118 e. The zero-order chi connectivity index (χ0) is 16.2. The first-order valence-corrected chi connectivity index (χ1v) is 9.25. The van der Waals surface area contributed by atoms with Crippen molar-refractivity contribution >= 4 is 0 Å². The van der Waals surface area contributed by atoms with Crippen molar-refractivity contribution in [2.75, 3.05) is 6.54 Å². The molecule has 0 aromatic heterocycles. The van der Waals surface area contributed by atoms with E-state index in [0.29, 0.717) is 12.6 Å². The topological polar surface area (TPSA) is 21.3 Å². The Kier molecular flexibility index (Phi) is 8.84. The van der Waals surface area contributed by atoms with Crippen LogP contribution in [0.5, 0.6) is 0 Å². The lowest BCUT2D eigenvalue weighted by molar-refractivity contribution is 0.0708. The van der Waals surface area contributed by atoms with E-state index in [-0.39, 0.29) is 6.10 Å². The Bertz CT molecular complexity index is 468. The predicted octanol–water partition coefficient (Wildman–Crippen LogP) is 4.69. The predicted molar refractivity (Wildman–Crippen MR) is 97.2 cm³/mol. The van der Waals surface area contributed by atoms with Crippen LogP contribution in [0.1, 0.15) is 63.9 Å². The molecule has 1 aromatic rings. The van der Waals surface area contributed by atoms with Crippen LogP contribution >= 0.6 is 0 Å². The molecule has 1 heterocycles. The van der Waals surface area contributed by atoms with Crippen LogP contribution in [0, 0.1) is 11.8 Å². The first kappa shape index (κ1) is 18.0. The maximum Gasteiger partial charge on any atom is 0.118 e. The molecule has 2 rings (SSSR count). The van der Waals surface area contributed by atoms with Gasteiger partial charge < -0.3 is 10.1 Å². The molecule has 1 fully saturated rings. The van der Waals surface area contributed by atoms with Gasteiger partial charge >= 0.3 is 0 Å². The molecule has 1 aromatic carbocycles. The highest BCUT2D eigenvalue weighted by Crippen LogP contribution is 2.12. The first-order chi connectivity index (χ1) is 11.4. The quantitative estimate of drug-likeness (QED) is 0.527. The summed E-state index contributed by atoms with van der Waals surface area (Å²) >= 11 is 0. The molecule has 0 spiro atoms. The monoisotopic (exact) mass is 313 g/mol. The van der Waals surface area contributed by atoms with Crippen LogP contribution in [0.15, 0.2) is 30.3 Å². The van der Waals surface area contributed by atoms with Crippen LogP contribution < -0.4 is 5.32 Å². The molecule has 0 bridgehead atoms. The fourth-order valence-electron chi connectivity index (χ4n) is 2.95. The Balaban J connectivity index is 1.79. The van der Waals surface area contributed by atoms with Crippen LogP contribution in [-0.2, 0) is 11.3 Å². The van der Waals surface area contributed by atoms with Gasteiger partial charge in [0.1, 0.15) is 6.10 Å². The average molecular weight is 313 g/mol. The maximum atomic E-state index is 6.08. The minimum absolute atomic E-state index is 0.0773. The summed E-state index contributed by atoms with van der Waals surface area (Å²) in [5.41, 5.74) is 1.23. The lowest BCUT2D eigenvalue weighted by atomic mass is 10.1. The summed E-state index contributed by atoms with van der Waals surface area (Å²) in [5, 5.41) is 3.50. The number of benzene rings is 1. The van der Waals surface area contributed by atoms with Crippen molar-refractivity contribution in [2.45, 2.75) is 77.0 Å². The van der Waals surface area contributed by atoms with Crippen molar-refractivity contribution in [3.05, 3.63) is 35.9 Å². The number of hydrogen-bond donors (Lipinski definition) is 1. The molecule has 1 N–H and O–H groups in total. The summed E-state index contributed by atoms with van der Waals surface area (Å²) in [6.07, 6.45) is 9.72. The highest BCUT2D eigenvalue weighted by molar-refractivity contribution is 5.14. The summed E-state index contributed by atoms with van der Waals surface area (Å²) in [6.45, 7) is 4.06. The second kappa shape index (κ2) is 11.3. The molecule has 1 aliphatic rings. The molecular weight excluding hydrogens is 282 g/mol. The molecule has 2 nitrogen and oxygen atoms in total. The zero-order valence-electron chi connectivity index (χ0n) is 14.5. The van der Waals surface area contributed by atoms with Crippen molar-refractivity contribution < 1.29 is 4.74 Å². The minimum atomic E-state index is 0.0773. The molecule has 0 saturated carbocycles. The van der Waals surface area contributed by atoms with Gasteiger partial charge in [-0.2, -0.15) is 0 Å². The van der Waals surface area contributed by atoms with Gasteiger partial charge in [0.05, 0.1) is 6.61 Å². The van der Waals surface area contributed by atoms with E-state index in [4.69, 9.17) is 4.74 Å². The SMILES string of the molecule is CCCCCCC(C#CCC1CCCN1)OCc1ccccc1. The summed E-state index contributed by atoms with van der Waals surface area (Å²) in [6, 6.07) is 11.0. The summed E-state index contributed by atoms with van der Waals surface area (Å²) in [4.78, 5) is 0. The van der Waals surface area contributed by atoms with Gasteiger partial charge in [0.25, 0.3) is 0 Å². The Morgan fingerprint density at radius 3 is 2.83 bits per heavy atom. The van der Waals surface area contributed by atoms with Crippen LogP contribution in [-0.4, -0.2) is 18.7 Å². The Hall–Kier alpha value is -1.30. The standard InChI is InChI=1S/C21H31NO/c1-2-3-4-8-15-21(16-9-13-20-14-10-17-22-20)23-18-19-11-6-5-7-12-19/h5-7,11-12,20-22H,2-4,8,10,13-15,17-18H2,1H3. The van der Waals surface area contributed by atoms with E-state index in [9.17, 15) is 0 Å². The maximum absolute atomic E-state index is 6.08. The number of ether oxygens (including phenoxy) is 1. The highest BCUT2D eigenvalue weighted by Gasteiger charge is 2.12. The third kappa shape index (κ3) is 7.68. The number of unbranched alkanes of at least 4 members (excludes halogenated alkanes) is 3. The van der Waals surface area contributed by atoms with E-state index in [1.165, 1.54) is 44.1 Å². The van der Waals surface area contributed by atoms with Crippen LogP contribution in [0.2, 0.25) is 0 Å². The normalized spacial score (nSPS) is 18.4. The summed E-state index contributed by atoms with van der Waals surface area (Å²) < 4.78 is 6.08. The van der Waals surface area contributed by atoms with E-state index in [1.54, 1.807) is 0 Å². The Labute approximate surface area is 142 Å². The lowest BCUT2D eigenvalue weighted by Gasteiger charge is -2.13. The third-order valence-corrected chi connectivity index (χ3v) is 4.39. The van der Waals surface area contributed by atoms with Crippen molar-refractivity contribution in [1.29, 1.82) is 0 Å². The van der Waals surface area contributed by atoms with Gasteiger partial charge in [0.2, 0.25) is 0 Å². The van der Waals surface area contributed by atoms with Crippen molar-refractivity contribution in [1.82, 2.24) is 5.32 Å². The molecule has 1 saturated heterocycles. The number of rotatable bonds is 9. The number of hydrogen-bond acceptors (Lipinski definition) is 2. The fraction of sp³-hybridized carbons (Fsp3) is 0.619. The van der Waals surface area contributed by atoms with E-state index >= 15 is 0 Å². The third-order valence-electron chi connectivity index (χ3n) is 4.39. The van der Waals surface area contributed by atoms with E-state index in [2.05, 4.69) is 48.3 Å². The van der Waals surface area contributed by atoms with Gasteiger partial charge in [-0.15, -0.1) is 0 Å². The summed E-state index contributed by atoms with van der Waals surface area (Å²) in [5.74, 6) is 6.75. The number of nitrogens with one attached hydrogen (secondary N) is 1. The van der Waals surface area contributed by atoms with Gasteiger partial charge in [-0.05, 0) is 37.8 Å². The molecule has 126 valence electrons. The Morgan fingerprint density at radius 2 is 2.09 bits per heavy atom. The molecule has 0 amide bonds. The lowest BCUT2D eigenvalue weighted by Crippen LogP contribution is -2.20. The van der Waals surface area contributed by atoms with Crippen molar-refractivity contribution in [2.24, 2.45) is 0 Å². The van der Waals surface area contributed by atoms with E-state index in [1.807, 2.05) is 6.07 Å². The molecule has 0 radical (unpaired) electrons. The van der Waals surface area contributed by atoms with Crippen molar-refractivity contribution in [3.8, 4) is 11.8 Å². The molecule has 2 atom stereocenters. The second-order valence-electron chi connectivity index (χ2n) is 6.45. The van der Waals surface area contributed by atoms with Gasteiger partial charge in [-0.25, -0.2) is 0 Å². The van der Waals surface area contributed by atoms with Crippen LogP contribution in [0.3, 0.4) is 0 Å². The molecular formula is C21H31NO. The molecule has 0 aliphatic carbocycles. The van der Waals surface area contributed by atoms with Gasteiger partial charge in [-0.1, -0.05) is 68.4 Å². The van der Waals surface area contributed by atoms with E-state index < -0.39 is 0 Å². The van der Waals surface area contributed by atoms with Gasteiger partial charge in [-0.3, -0.25) is 0 Å². The van der Waals surface area contributed by atoms with Crippen molar-refractivity contribution in [3.63, 3.8) is 0 Å². The largest absolute Gasteiger partial charge is 0.361 e. The first-order valence-electron chi connectivity index (χ1n) is 9.25. The van der Waals surface area contributed by atoms with Gasteiger partial charge in [0, 0.05) is 12.5 Å². The van der Waals surface area contributed by atoms with Crippen LogP contribution in [0.4, 0.5) is 0 Å². The second-order valence-corrected chi connectivity index (χ2v) is 6.45. The van der Waals surface area contributed by atoms with Gasteiger partial charge in [0.15, 0.2) is 0 Å². The fourth-order valence-corrected chi connectivity index (χ4v) is 2.95. The van der Waals surface area contributed by atoms with E-state index in [0.717, 1.165) is 19.4 Å². The van der Waals surface area contributed by atoms with Crippen LogP contribution in [0.25, 0.3) is 0 Å².